The van der Waals surface area contributed by atoms with Crippen LogP contribution in [-0.4, -0.2) is 102 Å². The minimum atomic E-state index is -1.18. The molecule has 11 nitrogen and oxygen atoms in total. The number of carbonyl (C=O) groups excluding carboxylic acids is 2. The molecule has 2 rings (SSSR count). The second-order valence-electron chi connectivity index (χ2n) is 13.0. The molecule has 0 spiro atoms. The molecule has 2 fully saturated rings. The van der Waals surface area contributed by atoms with E-state index in [9.17, 15) is 24.6 Å². The van der Waals surface area contributed by atoms with Crippen molar-refractivity contribution in [2.24, 2.45) is 17.8 Å². The molecule has 2 saturated heterocycles. The summed E-state index contributed by atoms with van der Waals surface area (Å²) in [5, 5.41) is 24.7. The topological polar surface area (TPSA) is 150 Å². The number of ether oxygens (including phenoxy) is 3. The van der Waals surface area contributed by atoms with Gasteiger partial charge in [-0.25, -0.2) is 9.59 Å². The number of methoxy groups -OCH3 is 1. The molecule has 12 heteroatoms. The fraction of sp³-hybridized carbons (Fsp3) is 0.714. The zero-order valence-electron chi connectivity index (χ0n) is 30.3. The van der Waals surface area contributed by atoms with E-state index in [-0.39, 0.29) is 107 Å². The Bertz CT molecular complexity index is 1040. The van der Waals surface area contributed by atoms with Gasteiger partial charge < -0.3 is 61.2 Å². The number of epoxide rings is 1. The first kappa shape index (κ1) is 45.1. The molecular formula is C35H60LiN3O8-2. The van der Waals surface area contributed by atoms with E-state index in [4.69, 9.17) is 14.2 Å². The van der Waals surface area contributed by atoms with Gasteiger partial charge in [0.2, 0.25) is 5.91 Å². The number of nitrogens with zero attached hydrogens (tertiary/aromatic N) is 1. The van der Waals surface area contributed by atoms with Crippen molar-refractivity contribution >= 4 is 17.9 Å². The second kappa shape index (κ2) is 21.3. The molecule has 2 aliphatic heterocycles. The summed E-state index contributed by atoms with van der Waals surface area (Å²) in [6, 6.07) is -1.69. The molecule has 0 aromatic carbocycles. The van der Waals surface area contributed by atoms with Crippen molar-refractivity contribution < 1.29 is 57.7 Å². The molecule has 2 aliphatic rings. The fourth-order valence-corrected chi connectivity index (χ4v) is 6.47. The quantitative estimate of drug-likeness (QED) is 0.0748. The summed E-state index contributed by atoms with van der Waals surface area (Å²) in [4.78, 5) is 37.7. The van der Waals surface area contributed by atoms with Crippen LogP contribution >= 0.6 is 0 Å². The number of hydrogen-bond donors (Lipinski definition) is 4. The SMILES string of the molecule is [CH2-]CN(C[CH2-])C(=O)N[C@@H](CCNC(=O)C[C@H]1CC[C@H](C)[C@@H](/C(C)=C/C=C/[C@@H](C)C[C@@]2(C)O[C@@H]2[C@H](C)[C@@H](OC)[C@@H](C)O)O1)C(=O)O.[CH3-].[Li+]. The Kier molecular flexibility index (Phi) is 20.4. The summed E-state index contributed by atoms with van der Waals surface area (Å²) in [6.07, 6.45) is 7.98. The standard InChI is InChI=1S/C34H57N3O8.CH3.Li/c1-10-37(11-2)33(42)36-27(32(40)41)17-18-35-28(39)19-26-16-15-23(5)29(44-26)22(4)14-12-13-21(3)20-34(8)31(45-34)24(6)30(43-9)25(7)38;;/h12-14,21,23-27,29-31,38H,1-2,10-11,15-20H2,3-9H3,(H,35,39)(H,36,42)(H,40,41);1H3;/q-2;-1;+1/b13-12+,22-14+;;/t21-,23+,24-,25-,26-,27+,29-,30-,31-,34-;;/m1../s1. The average molecular weight is 658 g/mol. The van der Waals surface area contributed by atoms with Crippen molar-refractivity contribution in [3.05, 3.63) is 45.1 Å². The summed E-state index contributed by atoms with van der Waals surface area (Å²) in [7, 11) is 1.62. The number of aliphatic hydroxyl groups excluding tert-OH is 1. The molecule has 0 aliphatic carbocycles. The largest absolute Gasteiger partial charge is 1.00 e. The van der Waals surface area contributed by atoms with Gasteiger partial charge >= 0.3 is 30.9 Å². The van der Waals surface area contributed by atoms with Crippen LogP contribution < -0.4 is 29.5 Å². The maximum absolute atomic E-state index is 12.7. The van der Waals surface area contributed by atoms with Crippen LogP contribution in [0.3, 0.4) is 0 Å². The first-order valence-electron chi connectivity index (χ1n) is 16.2. The van der Waals surface area contributed by atoms with E-state index >= 15 is 0 Å². The summed E-state index contributed by atoms with van der Waals surface area (Å²) < 4.78 is 17.9. The van der Waals surface area contributed by atoms with E-state index in [0.29, 0.717) is 5.92 Å². The number of hydrogen-bond acceptors (Lipinski definition) is 7. The Morgan fingerprint density at radius 3 is 2.36 bits per heavy atom. The van der Waals surface area contributed by atoms with Gasteiger partial charge in [-0.05, 0) is 63.9 Å². The van der Waals surface area contributed by atoms with Crippen LogP contribution in [0.4, 0.5) is 4.79 Å². The van der Waals surface area contributed by atoms with E-state index < -0.39 is 24.1 Å². The monoisotopic (exact) mass is 657 g/mol. The second-order valence-corrected chi connectivity index (χ2v) is 13.0. The van der Waals surface area contributed by atoms with E-state index in [0.717, 1.165) is 24.8 Å². The van der Waals surface area contributed by atoms with Gasteiger partial charge in [-0.2, -0.15) is 0 Å². The summed E-state index contributed by atoms with van der Waals surface area (Å²) in [5.41, 5.74) is 0.848. The van der Waals surface area contributed by atoms with E-state index in [1.807, 2.05) is 6.92 Å². The number of aliphatic carboxylic acids is 1. The average Bonchev–Trinajstić information content (AvgIpc) is 3.64. The van der Waals surface area contributed by atoms with Crippen molar-refractivity contribution in [2.75, 3.05) is 26.7 Å². The molecule has 266 valence electrons. The summed E-state index contributed by atoms with van der Waals surface area (Å²) >= 11 is 0. The van der Waals surface area contributed by atoms with Gasteiger partial charge in [-0.1, -0.05) is 39.0 Å². The van der Waals surface area contributed by atoms with Crippen molar-refractivity contribution in [2.45, 2.75) is 116 Å². The van der Waals surface area contributed by atoms with Crippen LogP contribution in [0.15, 0.2) is 23.8 Å². The van der Waals surface area contributed by atoms with Crippen LogP contribution in [0.5, 0.6) is 0 Å². The van der Waals surface area contributed by atoms with Gasteiger partial charge in [0.05, 0.1) is 42.5 Å². The summed E-state index contributed by atoms with van der Waals surface area (Å²) in [5.74, 6) is -0.715. The first-order chi connectivity index (χ1) is 21.2. The summed E-state index contributed by atoms with van der Waals surface area (Å²) in [6.45, 7) is 20.0. The van der Waals surface area contributed by atoms with Crippen LogP contribution in [0.25, 0.3) is 0 Å². The minimum absolute atomic E-state index is 0. The Hall–Kier alpha value is -1.87. The maximum atomic E-state index is 12.7. The van der Waals surface area contributed by atoms with E-state index in [1.54, 1.807) is 14.0 Å². The molecule has 0 saturated carbocycles. The van der Waals surface area contributed by atoms with Crippen LogP contribution in [0.1, 0.15) is 73.6 Å². The number of rotatable bonds is 18. The van der Waals surface area contributed by atoms with Gasteiger partial charge in [0.25, 0.3) is 0 Å². The molecule has 3 amide bonds. The van der Waals surface area contributed by atoms with Crippen molar-refractivity contribution in [3.8, 4) is 0 Å². The van der Waals surface area contributed by atoms with E-state index in [2.05, 4.69) is 70.4 Å². The van der Waals surface area contributed by atoms with Crippen molar-refractivity contribution in [1.29, 1.82) is 0 Å². The molecule has 0 unspecified atom stereocenters. The van der Waals surface area contributed by atoms with Gasteiger partial charge in [0.15, 0.2) is 0 Å². The predicted octanol–water partition coefficient (Wildman–Crippen LogP) is 1.37. The Morgan fingerprint density at radius 2 is 1.81 bits per heavy atom. The molecule has 47 heavy (non-hydrogen) atoms. The van der Waals surface area contributed by atoms with Gasteiger partial charge in [0, 0.05) is 19.6 Å². The molecule has 0 bridgehead atoms. The van der Waals surface area contributed by atoms with Crippen molar-refractivity contribution in [1.82, 2.24) is 15.5 Å². The molecule has 4 N–H and O–H groups in total. The number of urea groups is 1. The van der Waals surface area contributed by atoms with Crippen LogP contribution in [0.2, 0.25) is 0 Å². The number of allylic oxidation sites excluding steroid dienone is 3. The molecule has 2 heterocycles. The zero-order valence-corrected chi connectivity index (χ0v) is 30.3. The number of carbonyl (C=O) groups is 3. The first-order valence-corrected chi connectivity index (χ1v) is 16.2. The number of carboxylic acids is 1. The predicted molar refractivity (Wildman–Crippen MR) is 180 cm³/mol. The maximum Gasteiger partial charge on any atom is 1.00 e. The Balaban J connectivity index is 0.0000106. The van der Waals surface area contributed by atoms with Gasteiger partial charge in [-0.15, -0.1) is 13.1 Å². The molecule has 0 radical (unpaired) electrons. The third kappa shape index (κ3) is 13.9. The normalized spacial score (nSPS) is 27.3. The van der Waals surface area contributed by atoms with Crippen LogP contribution in [0, 0.1) is 39.0 Å². The van der Waals surface area contributed by atoms with Crippen LogP contribution in [-0.2, 0) is 23.8 Å². The Morgan fingerprint density at radius 1 is 1.17 bits per heavy atom. The molecule has 10 atom stereocenters. The number of carboxylic acid groups (broad SMARTS) is 1. The van der Waals surface area contributed by atoms with Gasteiger partial charge in [-0.3, -0.25) is 4.79 Å². The molecule has 0 aromatic heterocycles. The minimum Gasteiger partial charge on any atom is -0.480 e. The number of amides is 3. The zero-order chi connectivity index (χ0) is 33.9. The molecule has 0 aromatic rings. The Labute approximate surface area is 295 Å². The number of nitrogens with one attached hydrogen (secondary N) is 2. The smallest absolute Gasteiger partial charge is 0.480 e. The third-order valence-electron chi connectivity index (χ3n) is 9.05. The number of aliphatic hydroxyl groups is 1. The van der Waals surface area contributed by atoms with Gasteiger partial charge in [0.1, 0.15) is 6.04 Å². The van der Waals surface area contributed by atoms with Crippen molar-refractivity contribution in [3.63, 3.8) is 0 Å². The third-order valence-corrected chi connectivity index (χ3v) is 9.05. The molecular weight excluding hydrogens is 597 g/mol. The van der Waals surface area contributed by atoms with E-state index in [1.165, 1.54) is 4.90 Å². The fourth-order valence-electron chi connectivity index (χ4n) is 6.47.